The van der Waals surface area contributed by atoms with Crippen molar-refractivity contribution in [1.82, 2.24) is 9.88 Å². The van der Waals surface area contributed by atoms with Crippen LogP contribution >= 0.6 is 0 Å². The average molecular weight is 338 g/mol. The Bertz CT molecular complexity index is 804. The fraction of sp³-hybridized carbons (Fsp3) is 0.316. The number of carbonyl (C=O) groups is 2. The molecule has 0 aliphatic carbocycles. The van der Waals surface area contributed by atoms with Crippen molar-refractivity contribution in [1.29, 1.82) is 0 Å². The van der Waals surface area contributed by atoms with Crippen LogP contribution in [-0.2, 0) is 22.6 Å². The van der Waals surface area contributed by atoms with E-state index in [1.54, 1.807) is 11.0 Å². The molecule has 0 bridgehead atoms. The molecule has 1 N–H and O–H groups in total. The van der Waals surface area contributed by atoms with Gasteiger partial charge in [0.05, 0.1) is 0 Å². The summed E-state index contributed by atoms with van der Waals surface area (Å²) in [5.41, 5.74) is 2.20. The third-order valence-electron chi connectivity index (χ3n) is 4.40. The molecule has 0 saturated heterocycles. The van der Waals surface area contributed by atoms with E-state index in [0.717, 1.165) is 16.9 Å². The molecule has 0 fully saturated rings. The first-order chi connectivity index (χ1) is 12.0. The number of hydrogen-bond acceptors (Lipinski definition) is 4. The second-order valence-electron chi connectivity index (χ2n) is 6.40. The van der Waals surface area contributed by atoms with E-state index in [4.69, 9.17) is 0 Å². The summed E-state index contributed by atoms with van der Waals surface area (Å²) in [5.74, 6) is 0.923. The first-order valence-corrected chi connectivity index (χ1v) is 8.25. The van der Waals surface area contributed by atoms with Crippen LogP contribution in [-0.4, -0.2) is 41.8 Å². The number of aromatic nitrogens is 1. The van der Waals surface area contributed by atoms with Gasteiger partial charge in [0.1, 0.15) is 17.7 Å². The van der Waals surface area contributed by atoms with Gasteiger partial charge in [0.25, 0.3) is 0 Å². The number of anilines is 2. The zero-order valence-corrected chi connectivity index (χ0v) is 14.7. The van der Waals surface area contributed by atoms with E-state index in [0.29, 0.717) is 18.8 Å². The van der Waals surface area contributed by atoms with Crippen molar-refractivity contribution in [2.75, 3.05) is 24.3 Å². The van der Waals surface area contributed by atoms with E-state index in [2.05, 4.69) is 10.3 Å². The van der Waals surface area contributed by atoms with E-state index in [1.807, 2.05) is 55.4 Å². The number of pyridine rings is 1. The van der Waals surface area contributed by atoms with E-state index in [9.17, 15) is 9.59 Å². The number of amides is 2. The normalized spacial score (nSPS) is 16.1. The molecule has 6 heteroatoms. The average Bonchev–Trinajstić information content (AvgIpc) is 2.60. The summed E-state index contributed by atoms with van der Waals surface area (Å²) in [6.07, 6.45) is 0.509. The molecule has 0 saturated carbocycles. The van der Waals surface area contributed by atoms with Crippen molar-refractivity contribution in [3.63, 3.8) is 0 Å². The third kappa shape index (κ3) is 3.63. The maximum absolute atomic E-state index is 12.8. The van der Waals surface area contributed by atoms with E-state index >= 15 is 0 Å². The molecule has 1 atom stereocenters. The quantitative estimate of drug-likeness (QED) is 0.930. The first-order valence-electron chi connectivity index (χ1n) is 8.25. The van der Waals surface area contributed by atoms with Crippen molar-refractivity contribution in [3.8, 4) is 0 Å². The van der Waals surface area contributed by atoms with Crippen molar-refractivity contribution >= 4 is 23.5 Å². The van der Waals surface area contributed by atoms with Crippen LogP contribution in [0.15, 0.2) is 42.5 Å². The molecule has 1 aromatic carbocycles. The van der Waals surface area contributed by atoms with Gasteiger partial charge >= 0.3 is 0 Å². The lowest BCUT2D eigenvalue weighted by molar-refractivity contribution is -0.138. The van der Waals surface area contributed by atoms with Crippen LogP contribution in [0, 0.1) is 0 Å². The van der Waals surface area contributed by atoms with Gasteiger partial charge in [-0.3, -0.25) is 9.59 Å². The highest BCUT2D eigenvalue weighted by atomic mass is 16.2. The van der Waals surface area contributed by atoms with Crippen molar-refractivity contribution in [2.45, 2.75) is 25.9 Å². The summed E-state index contributed by atoms with van der Waals surface area (Å²) in [5, 5.41) is 2.85. The standard InChI is InChI=1S/C19H22N4O2/c1-13(24)23-12-15-8-5-4-7-14(15)11-16(23)19(25)21-17-9-6-10-18(20-17)22(2)3/h4-10,16H,11-12H2,1-3H3,(H,20,21,25). The number of benzene rings is 1. The second-order valence-corrected chi connectivity index (χ2v) is 6.40. The highest BCUT2D eigenvalue weighted by molar-refractivity contribution is 5.97. The Morgan fingerprint density at radius 1 is 1.12 bits per heavy atom. The molecule has 2 amide bonds. The molecule has 2 aromatic rings. The van der Waals surface area contributed by atoms with E-state index in [-0.39, 0.29) is 11.8 Å². The van der Waals surface area contributed by atoms with Gasteiger partial charge in [-0.05, 0) is 23.3 Å². The van der Waals surface area contributed by atoms with Crippen LogP contribution < -0.4 is 10.2 Å². The summed E-state index contributed by atoms with van der Waals surface area (Å²) in [7, 11) is 3.78. The molecule has 25 heavy (non-hydrogen) atoms. The van der Waals surface area contributed by atoms with Crippen LogP contribution in [0.1, 0.15) is 18.1 Å². The summed E-state index contributed by atoms with van der Waals surface area (Å²) < 4.78 is 0. The van der Waals surface area contributed by atoms with Crippen molar-refractivity contribution in [3.05, 3.63) is 53.6 Å². The lowest BCUT2D eigenvalue weighted by Gasteiger charge is -2.35. The fourth-order valence-corrected chi connectivity index (χ4v) is 3.04. The van der Waals surface area contributed by atoms with Gasteiger partial charge in [-0.1, -0.05) is 30.3 Å². The lowest BCUT2D eigenvalue weighted by atomic mass is 9.93. The predicted molar refractivity (Wildman–Crippen MR) is 97.4 cm³/mol. The molecule has 1 unspecified atom stereocenters. The van der Waals surface area contributed by atoms with Gasteiger partial charge < -0.3 is 15.1 Å². The molecular weight excluding hydrogens is 316 g/mol. The molecule has 1 aliphatic heterocycles. The summed E-state index contributed by atoms with van der Waals surface area (Å²) in [6.45, 7) is 1.95. The summed E-state index contributed by atoms with van der Waals surface area (Å²) in [6, 6.07) is 12.9. The topological polar surface area (TPSA) is 65.5 Å². The van der Waals surface area contributed by atoms with Gasteiger partial charge in [0.15, 0.2) is 0 Å². The number of fused-ring (bicyclic) bond motifs is 1. The van der Waals surface area contributed by atoms with Gasteiger partial charge in [0.2, 0.25) is 11.8 Å². The van der Waals surface area contributed by atoms with Crippen LogP contribution in [0.4, 0.5) is 11.6 Å². The Morgan fingerprint density at radius 2 is 1.84 bits per heavy atom. The Hall–Kier alpha value is -2.89. The first kappa shape index (κ1) is 17.0. The fourth-order valence-electron chi connectivity index (χ4n) is 3.04. The zero-order valence-electron chi connectivity index (χ0n) is 14.7. The lowest BCUT2D eigenvalue weighted by Crippen LogP contribution is -2.50. The number of rotatable bonds is 3. The molecule has 1 aromatic heterocycles. The minimum Gasteiger partial charge on any atom is -0.363 e. The van der Waals surface area contributed by atoms with Crippen LogP contribution in [0.25, 0.3) is 0 Å². The van der Waals surface area contributed by atoms with Crippen LogP contribution in [0.2, 0.25) is 0 Å². The van der Waals surface area contributed by atoms with E-state index < -0.39 is 6.04 Å². The smallest absolute Gasteiger partial charge is 0.248 e. The molecular formula is C19H22N4O2. The van der Waals surface area contributed by atoms with Crippen LogP contribution in [0.3, 0.4) is 0 Å². The van der Waals surface area contributed by atoms with E-state index in [1.165, 1.54) is 6.92 Å². The van der Waals surface area contributed by atoms with Gasteiger partial charge in [-0.25, -0.2) is 4.98 Å². The molecule has 1 aliphatic rings. The molecule has 0 radical (unpaired) electrons. The SMILES string of the molecule is CC(=O)N1Cc2ccccc2CC1C(=O)Nc1cccc(N(C)C)n1. The zero-order chi connectivity index (χ0) is 18.0. The molecule has 0 spiro atoms. The Labute approximate surface area is 147 Å². The Balaban J connectivity index is 1.82. The number of nitrogens with one attached hydrogen (secondary N) is 1. The van der Waals surface area contributed by atoms with Gasteiger partial charge in [-0.15, -0.1) is 0 Å². The minimum atomic E-state index is -0.530. The highest BCUT2D eigenvalue weighted by Crippen LogP contribution is 2.24. The Kier molecular flexibility index (Phi) is 4.70. The summed E-state index contributed by atoms with van der Waals surface area (Å²) >= 11 is 0. The van der Waals surface area contributed by atoms with Gasteiger partial charge in [-0.2, -0.15) is 0 Å². The monoisotopic (exact) mass is 338 g/mol. The third-order valence-corrected chi connectivity index (χ3v) is 4.40. The predicted octanol–water partition coefficient (Wildman–Crippen LogP) is 2.06. The maximum atomic E-state index is 12.8. The number of hydrogen-bond donors (Lipinski definition) is 1. The minimum absolute atomic E-state index is 0.107. The highest BCUT2D eigenvalue weighted by Gasteiger charge is 2.33. The molecule has 3 rings (SSSR count). The summed E-state index contributed by atoms with van der Waals surface area (Å²) in [4.78, 5) is 32.8. The van der Waals surface area contributed by atoms with Crippen molar-refractivity contribution < 1.29 is 9.59 Å². The molecule has 130 valence electrons. The largest absolute Gasteiger partial charge is 0.363 e. The Morgan fingerprint density at radius 3 is 2.52 bits per heavy atom. The molecule has 2 heterocycles. The molecule has 6 nitrogen and oxygen atoms in total. The number of nitrogens with zero attached hydrogens (tertiary/aromatic N) is 3. The van der Waals surface area contributed by atoms with Crippen molar-refractivity contribution in [2.24, 2.45) is 0 Å². The maximum Gasteiger partial charge on any atom is 0.248 e. The second kappa shape index (κ2) is 6.93. The van der Waals surface area contributed by atoms with Gasteiger partial charge in [0, 0.05) is 34.0 Å². The van der Waals surface area contributed by atoms with Crippen LogP contribution in [0.5, 0.6) is 0 Å². The number of carbonyl (C=O) groups excluding carboxylic acids is 2.